The lowest BCUT2D eigenvalue weighted by atomic mass is 10.1. The fraction of sp³-hybridized carbons (Fsp3) is 0.348. The number of carbonyl (C=O) groups excluding carboxylic acids is 2. The third kappa shape index (κ3) is 4.07. The lowest BCUT2D eigenvalue weighted by Gasteiger charge is -2.33. The van der Waals surface area contributed by atoms with Crippen molar-refractivity contribution in [3.8, 4) is 0 Å². The highest BCUT2D eigenvalue weighted by Crippen LogP contribution is 2.33. The number of carbonyl (C=O) groups is 2. The van der Waals surface area contributed by atoms with Gasteiger partial charge in [0.1, 0.15) is 18.6 Å². The molecule has 0 spiro atoms. The van der Waals surface area contributed by atoms with E-state index in [4.69, 9.17) is 0 Å². The van der Waals surface area contributed by atoms with Crippen LogP contribution in [0.15, 0.2) is 41.4 Å². The summed E-state index contributed by atoms with van der Waals surface area (Å²) < 4.78 is 0. The van der Waals surface area contributed by atoms with E-state index in [0.717, 1.165) is 22.5 Å². The lowest BCUT2D eigenvalue weighted by molar-refractivity contribution is -0.128. The number of aliphatic imine (C=N–C) groups is 1. The van der Waals surface area contributed by atoms with Crippen molar-refractivity contribution in [2.45, 2.75) is 39.4 Å². The fourth-order valence-corrected chi connectivity index (χ4v) is 4.89. The van der Waals surface area contributed by atoms with Crippen molar-refractivity contribution in [1.29, 1.82) is 0 Å². The molecule has 0 aliphatic carbocycles. The zero-order valence-corrected chi connectivity index (χ0v) is 18.5. The minimum Gasteiger partial charge on any atom is -0.333 e. The standard InChI is InChI=1S/C23H26N4O2S/c1-14-5-8-19(17(4)9-14)26-12-24-23-27(13-26)22(29)20(30-23)11-21(28)25-18-7-6-15(2)16(3)10-18/h5-10,20H,11-13H2,1-4H3,(H,25,28)/t20-/m1/s1. The molecule has 0 unspecified atom stereocenters. The average molecular weight is 423 g/mol. The Morgan fingerprint density at radius 2 is 1.90 bits per heavy atom. The van der Waals surface area contributed by atoms with Gasteiger partial charge in [0, 0.05) is 17.8 Å². The lowest BCUT2D eigenvalue weighted by Crippen LogP contribution is -2.46. The Morgan fingerprint density at radius 3 is 2.63 bits per heavy atom. The summed E-state index contributed by atoms with van der Waals surface area (Å²) in [4.78, 5) is 33.9. The van der Waals surface area contributed by atoms with E-state index < -0.39 is 5.25 Å². The van der Waals surface area contributed by atoms with Crippen LogP contribution in [-0.4, -0.2) is 40.5 Å². The summed E-state index contributed by atoms with van der Waals surface area (Å²) in [6.07, 6.45) is 0.134. The van der Waals surface area contributed by atoms with Crippen molar-refractivity contribution in [3.63, 3.8) is 0 Å². The molecule has 1 atom stereocenters. The minimum atomic E-state index is -0.436. The van der Waals surface area contributed by atoms with E-state index in [1.807, 2.05) is 32.0 Å². The van der Waals surface area contributed by atoms with E-state index in [0.29, 0.717) is 18.5 Å². The summed E-state index contributed by atoms with van der Waals surface area (Å²) in [5, 5.41) is 3.19. The van der Waals surface area contributed by atoms with Crippen LogP contribution in [-0.2, 0) is 9.59 Å². The summed E-state index contributed by atoms with van der Waals surface area (Å²) >= 11 is 1.39. The number of rotatable bonds is 4. The predicted molar refractivity (Wildman–Crippen MR) is 123 cm³/mol. The normalized spacial score (nSPS) is 18.3. The molecule has 4 rings (SSSR count). The maximum Gasteiger partial charge on any atom is 0.244 e. The van der Waals surface area contributed by atoms with Crippen molar-refractivity contribution in [2.75, 3.05) is 23.6 Å². The molecule has 7 heteroatoms. The molecule has 1 N–H and O–H groups in total. The van der Waals surface area contributed by atoms with Gasteiger partial charge in [-0.25, -0.2) is 4.99 Å². The molecule has 2 heterocycles. The third-order valence-electron chi connectivity index (χ3n) is 5.56. The molecule has 6 nitrogen and oxygen atoms in total. The molecule has 0 saturated carbocycles. The first-order valence-electron chi connectivity index (χ1n) is 10.0. The van der Waals surface area contributed by atoms with Crippen molar-refractivity contribution >= 4 is 40.1 Å². The Balaban J connectivity index is 1.41. The van der Waals surface area contributed by atoms with E-state index in [2.05, 4.69) is 47.3 Å². The second kappa shape index (κ2) is 8.14. The van der Waals surface area contributed by atoms with E-state index in [1.54, 1.807) is 4.90 Å². The van der Waals surface area contributed by atoms with Crippen LogP contribution in [0.2, 0.25) is 0 Å². The Hall–Kier alpha value is -2.80. The number of nitrogens with one attached hydrogen (secondary N) is 1. The third-order valence-corrected chi connectivity index (χ3v) is 6.78. The molecule has 1 fully saturated rings. The van der Waals surface area contributed by atoms with Gasteiger partial charge in [-0.2, -0.15) is 0 Å². The van der Waals surface area contributed by atoms with E-state index in [-0.39, 0.29) is 18.2 Å². The molecular formula is C23H26N4O2S. The summed E-state index contributed by atoms with van der Waals surface area (Å²) in [6, 6.07) is 12.1. The van der Waals surface area contributed by atoms with Crippen LogP contribution in [0.3, 0.4) is 0 Å². The smallest absolute Gasteiger partial charge is 0.244 e. The van der Waals surface area contributed by atoms with Crippen molar-refractivity contribution in [1.82, 2.24) is 4.90 Å². The van der Waals surface area contributed by atoms with Gasteiger partial charge in [-0.1, -0.05) is 35.5 Å². The second-order valence-electron chi connectivity index (χ2n) is 7.98. The molecule has 2 amide bonds. The molecule has 2 aromatic rings. The number of thioether (sulfide) groups is 1. The van der Waals surface area contributed by atoms with Gasteiger partial charge in [0.05, 0.1) is 0 Å². The van der Waals surface area contributed by atoms with Crippen LogP contribution in [0.4, 0.5) is 11.4 Å². The summed E-state index contributed by atoms with van der Waals surface area (Å²) in [5.41, 5.74) is 6.51. The van der Waals surface area contributed by atoms with Crippen molar-refractivity contribution in [2.24, 2.45) is 4.99 Å². The maximum absolute atomic E-state index is 13.0. The molecule has 156 valence electrons. The number of hydrogen-bond acceptors (Lipinski definition) is 5. The number of hydrogen-bond donors (Lipinski definition) is 1. The number of amides is 2. The molecule has 30 heavy (non-hydrogen) atoms. The highest BCUT2D eigenvalue weighted by molar-refractivity contribution is 8.15. The van der Waals surface area contributed by atoms with Crippen LogP contribution >= 0.6 is 11.8 Å². The molecule has 0 bridgehead atoms. The second-order valence-corrected chi connectivity index (χ2v) is 9.15. The fourth-order valence-electron chi connectivity index (χ4n) is 3.76. The number of nitrogens with zero attached hydrogens (tertiary/aromatic N) is 3. The van der Waals surface area contributed by atoms with Gasteiger partial charge in [0.2, 0.25) is 11.8 Å². The molecule has 1 saturated heterocycles. The van der Waals surface area contributed by atoms with Crippen LogP contribution < -0.4 is 10.2 Å². The number of amidine groups is 1. The number of fused-ring (bicyclic) bond motifs is 1. The van der Waals surface area contributed by atoms with E-state index >= 15 is 0 Å². The number of anilines is 2. The van der Waals surface area contributed by atoms with Crippen molar-refractivity contribution < 1.29 is 9.59 Å². The van der Waals surface area contributed by atoms with Gasteiger partial charge in [-0.15, -0.1) is 0 Å². The van der Waals surface area contributed by atoms with E-state index in [1.165, 1.54) is 22.9 Å². The van der Waals surface area contributed by atoms with Gasteiger partial charge in [0.25, 0.3) is 0 Å². The minimum absolute atomic E-state index is 0.0524. The Kier molecular flexibility index (Phi) is 5.56. The van der Waals surface area contributed by atoms with Crippen LogP contribution in [0.1, 0.15) is 28.7 Å². The van der Waals surface area contributed by atoms with Gasteiger partial charge < -0.3 is 10.2 Å². The zero-order valence-electron chi connectivity index (χ0n) is 17.7. The Labute approximate surface area is 181 Å². The van der Waals surface area contributed by atoms with Gasteiger partial charge in [-0.3, -0.25) is 14.5 Å². The average Bonchev–Trinajstić information content (AvgIpc) is 3.00. The Morgan fingerprint density at radius 1 is 1.10 bits per heavy atom. The first-order chi connectivity index (χ1) is 14.3. The summed E-state index contributed by atoms with van der Waals surface area (Å²) in [5.74, 6) is -0.209. The zero-order chi connectivity index (χ0) is 21.4. The van der Waals surface area contributed by atoms with E-state index in [9.17, 15) is 9.59 Å². The molecule has 2 aromatic carbocycles. The number of aryl methyl sites for hydroxylation is 4. The molecule has 2 aliphatic heterocycles. The highest BCUT2D eigenvalue weighted by Gasteiger charge is 2.41. The molecular weight excluding hydrogens is 396 g/mol. The summed E-state index contributed by atoms with van der Waals surface area (Å²) in [7, 11) is 0. The maximum atomic E-state index is 13.0. The monoisotopic (exact) mass is 422 g/mol. The van der Waals surface area contributed by atoms with Gasteiger partial charge in [-0.05, 0) is 62.6 Å². The van der Waals surface area contributed by atoms with Crippen molar-refractivity contribution in [3.05, 3.63) is 58.7 Å². The van der Waals surface area contributed by atoms with Crippen LogP contribution in [0, 0.1) is 27.7 Å². The van der Waals surface area contributed by atoms with Gasteiger partial charge in [0.15, 0.2) is 5.17 Å². The SMILES string of the molecule is Cc1ccc(N2CN=C3S[C@H](CC(=O)Nc4ccc(C)c(C)c4)C(=O)N3C2)c(C)c1. The largest absolute Gasteiger partial charge is 0.333 e. The topological polar surface area (TPSA) is 65.0 Å². The quantitative estimate of drug-likeness (QED) is 0.809. The highest BCUT2D eigenvalue weighted by atomic mass is 32.2. The predicted octanol–water partition coefficient (Wildman–Crippen LogP) is 3.98. The number of benzene rings is 2. The summed E-state index contributed by atoms with van der Waals surface area (Å²) in [6.45, 7) is 9.16. The van der Waals surface area contributed by atoms with Crippen LogP contribution in [0.5, 0.6) is 0 Å². The van der Waals surface area contributed by atoms with Crippen LogP contribution in [0.25, 0.3) is 0 Å². The molecule has 2 aliphatic rings. The first-order valence-corrected chi connectivity index (χ1v) is 10.9. The molecule has 0 aromatic heterocycles. The molecule has 0 radical (unpaired) electrons. The van der Waals surface area contributed by atoms with Gasteiger partial charge >= 0.3 is 0 Å². The first kappa shape index (κ1) is 20.5. The Bertz CT molecular complexity index is 1050.